The van der Waals surface area contributed by atoms with Crippen LogP contribution in [0.25, 0.3) is 22.2 Å². The number of hydrogen-bond acceptors (Lipinski definition) is 7. The molecule has 3 aliphatic carbocycles. The molecule has 8 rings (SSSR count). The summed E-state index contributed by atoms with van der Waals surface area (Å²) >= 11 is 0. The van der Waals surface area contributed by atoms with E-state index < -0.39 is 17.6 Å². The van der Waals surface area contributed by atoms with Gasteiger partial charge in [-0.2, -0.15) is 13.2 Å². The number of halogens is 3. The van der Waals surface area contributed by atoms with Crippen LogP contribution in [0.2, 0.25) is 0 Å². The maximum Gasteiger partial charge on any atom is 0.417 e. The topological polar surface area (TPSA) is 110 Å². The Bertz CT molecular complexity index is 1930. The van der Waals surface area contributed by atoms with Crippen molar-refractivity contribution in [1.29, 1.82) is 0 Å². The van der Waals surface area contributed by atoms with Crippen molar-refractivity contribution in [3.63, 3.8) is 0 Å². The standard InChI is InChI=1S/C38H40F3N5O4/c1-22(47)43-44-36(48)32-19-33(49-26-5-4-6-26)28-18-25(11-12-31(28)42-32)46-15-13-37(14-16-46)20-23(21-37)17-29-34(45-50-35(29)24-9-10-24)27-7-2-3-8-30(27)38(39,40)41/h2-3,7-8,11-12,18-19,23-24,26H,4-6,9-10,13-17,20-21H2,1H3,(H,43,47)(H,44,48). The minimum absolute atomic E-state index is 0.101. The van der Waals surface area contributed by atoms with Gasteiger partial charge in [0, 0.05) is 54.2 Å². The van der Waals surface area contributed by atoms with E-state index in [0.717, 1.165) is 99.3 Å². The highest BCUT2D eigenvalue weighted by molar-refractivity contribution is 5.98. The predicted molar refractivity (Wildman–Crippen MR) is 181 cm³/mol. The van der Waals surface area contributed by atoms with E-state index in [9.17, 15) is 22.8 Å². The fourth-order valence-corrected chi connectivity index (χ4v) is 8.05. The number of amides is 2. The Hall–Kier alpha value is -4.61. The number of ether oxygens (including phenoxy) is 1. The smallest absolute Gasteiger partial charge is 0.417 e. The second-order valence-corrected chi connectivity index (χ2v) is 14.7. The molecule has 12 heteroatoms. The van der Waals surface area contributed by atoms with Gasteiger partial charge in [0.15, 0.2) is 0 Å². The molecule has 9 nitrogen and oxygen atoms in total. The number of hydrazine groups is 1. The zero-order valence-electron chi connectivity index (χ0n) is 27.9. The molecule has 2 amide bonds. The van der Waals surface area contributed by atoms with Crippen molar-refractivity contribution in [2.24, 2.45) is 11.3 Å². The van der Waals surface area contributed by atoms with Crippen LogP contribution in [0.4, 0.5) is 18.9 Å². The fraction of sp³-hybridized carbons (Fsp3) is 0.474. The van der Waals surface area contributed by atoms with Gasteiger partial charge in [-0.3, -0.25) is 20.4 Å². The summed E-state index contributed by atoms with van der Waals surface area (Å²) in [5.41, 5.74) is 7.45. The lowest BCUT2D eigenvalue weighted by atomic mass is 9.56. The summed E-state index contributed by atoms with van der Waals surface area (Å²) in [6, 6.07) is 13.4. The molecule has 2 aromatic heterocycles. The van der Waals surface area contributed by atoms with Crippen LogP contribution in [0.1, 0.15) is 98.0 Å². The third-order valence-electron chi connectivity index (χ3n) is 11.1. The Labute approximate surface area is 287 Å². The average Bonchev–Trinajstić information content (AvgIpc) is 3.83. The molecular weight excluding hydrogens is 647 g/mol. The van der Waals surface area contributed by atoms with Crippen LogP contribution in [-0.2, 0) is 17.4 Å². The van der Waals surface area contributed by atoms with Gasteiger partial charge in [-0.25, -0.2) is 4.98 Å². The van der Waals surface area contributed by atoms with Crippen LogP contribution in [0.15, 0.2) is 53.1 Å². The first-order valence-electron chi connectivity index (χ1n) is 17.6. The Balaban J connectivity index is 0.957. The van der Waals surface area contributed by atoms with Crippen LogP contribution < -0.4 is 20.5 Å². The fourth-order valence-electron chi connectivity index (χ4n) is 8.05. The quantitative estimate of drug-likeness (QED) is 0.183. The van der Waals surface area contributed by atoms with Gasteiger partial charge >= 0.3 is 6.18 Å². The summed E-state index contributed by atoms with van der Waals surface area (Å²) in [6.45, 7) is 3.11. The Morgan fingerprint density at radius 3 is 2.46 bits per heavy atom. The van der Waals surface area contributed by atoms with Crippen molar-refractivity contribution in [2.75, 3.05) is 18.0 Å². The van der Waals surface area contributed by atoms with Crippen molar-refractivity contribution < 1.29 is 32.0 Å². The first-order valence-corrected chi connectivity index (χ1v) is 17.6. The number of rotatable bonds is 8. The minimum atomic E-state index is -4.47. The van der Waals surface area contributed by atoms with E-state index in [1.54, 1.807) is 12.1 Å². The van der Waals surface area contributed by atoms with Crippen LogP contribution >= 0.6 is 0 Å². The molecule has 4 aromatic rings. The summed E-state index contributed by atoms with van der Waals surface area (Å²) in [4.78, 5) is 31.0. The number of nitrogens with zero attached hydrogens (tertiary/aromatic N) is 3. The maximum atomic E-state index is 13.9. The van der Waals surface area contributed by atoms with Crippen molar-refractivity contribution in [3.8, 4) is 17.0 Å². The maximum absolute atomic E-state index is 13.9. The third kappa shape index (κ3) is 6.40. The number of fused-ring (bicyclic) bond motifs is 1. The number of nitrogens with one attached hydrogen (secondary N) is 2. The summed E-state index contributed by atoms with van der Waals surface area (Å²) < 4.78 is 53.9. The second-order valence-electron chi connectivity index (χ2n) is 14.7. The number of pyridine rings is 1. The molecule has 2 N–H and O–H groups in total. The largest absolute Gasteiger partial charge is 0.490 e. The number of piperidine rings is 1. The van der Waals surface area contributed by atoms with Gasteiger partial charge in [0.05, 0.1) is 17.2 Å². The lowest BCUT2D eigenvalue weighted by Gasteiger charge is -2.53. The average molecular weight is 688 g/mol. The first-order chi connectivity index (χ1) is 24.0. The number of anilines is 1. The molecule has 0 radical (unpaired) electrons. The molecule has 1 aliphatic heterocycles. The summed E-state index contributed by atoms with van der Waals surface area (Å²) in [5, 5.41) is 5.08. The molecule has 3 heterocycles. The van der Waals surface area contributed by atoms with E-state index in [1.807, 2.05) is 12.1 Å². The molecule has 2 aromatic carbocycles. The van der Waals surface area contributed by atoms with Gasteiger partial charge in [-0.1, -0.05) is 23.4 Å². The zero-order chi connectivity index (χ0) is 34.6. The Kier molecular flexibility index (Phi) is 8.22. The lowest BCUT2D eigenvalue weighted by molar-refractivity contribution is -0.137. The molecule has 0 atom stereocenters. The summed E-state index contributed by atoms with van der Waals surface area (Å²) in [7, 11) is 0. The first kappa shape index (κ1) is 32.6. The lowest BCUT2D eigenvalue weighted by Crippen LogP contribution is -2.47. The molecule has 0 bridgehead atoms. The highest BCUT2D eigenvalue weighted by Crippen LogP contribution is 2.55. The number of benzene rings is 2. The van der Waals surface area contributed by atoms with Crippen molar-refractivity contribution in [1.82, 2.24) is 21.0 Å². The van der Waals surface area contributed by atoms with Gasteiger partial charge in [0.2, 0.25) is 5.91 Å². The van der Waals surface area contributed by atoms with Gasteiger partial charge in [-0.15, -0.1) is 0 Å². The minimum Gasteiger partial charge on any atom is -0.490 e. The van der Waals surface area contributed by atoms with Gasteiger partial charge in [0.25, 0.3) is 5.91 Å². The molecule has 50 heavy (non-hydrogen) atoms. The van der Waals surface area contributed by atoms with Gasteiger partial charge in [0.1, 0.15) is 22.9 Å². The van der Waals surface area contributed by atoms with Crippen molar-refractivity contribution in [3.05, 3.63) is 71.1 Å². The van der Waals surface area contributed by atoms with Crippen LogP contribution in [0, 0.1) is 11.3 Å². The zero-order valence-corrected chi connectivity index (χ0v) is 27.9. The third-order valence-corrected chi connectivity index (χ3v) is 11.1. The summed E-state index contributed by atoms with van der Waals surface area (Å²) in [5.74, 6) is 1.13. The highest BCUT2D eigenvalue weighted by Gasteiger charge is 2.47. The summed E-state index contributed by atoms with van der Waals surface area (Å²) in [6.07, 6.45) is 5.50. The van der Waals surface area contributed by atoms with Gasteiger partial charge < -0.3 is 14.2 Å². The Morgan fingerprint density at radius 2 is 1.78 bits per heavy atom. The van der Waals surface area contributed by atoms with Gasteiger partial charge in [-0.05, 0) is 99.8 Å². The van der Waals surface area contributed by atoms with Crippen molar-refractivity contribution >= 4 is 28.4 Å². The monoisotopic (exact) mass is 687 g/mol. The van der Waals surface area contributed by atoms with Crippen LogP contribution in [0.3, 0.4) is 0 Å². The van der Waals surface area contributed by atoms with Crippen LogP contribution in [-0.4, -0.2) is 41.1 Å². The molecule has 262 valence electrons. The van der Waals surface area contributed by atoms with E-state index in [0.29, 0.717) is 29.3 Å². The van der Waals surface area contributed by atoms with E-state index in [-0.39, 0.29) is 34.6 Å². The SMILES string of the molecule is CC(=O)NNC(=O)c1cc(OC2CCC2)c2cc(N3CCC4(CC3)CC(Cc3c(-c5ccccc5C(F)(F)F)noc3C3CC3)C4)ccc2n1. The molecule has 0 unspecified atom stereocenters. The van der Waals surface area contributed by atoms with E-state index >= 15 is 0 Å². The molecule has 4 aliphatic rings. The normalized spacial score (nSPS) is 19.2. The molecule has 1 saturated heterocycles. The molecule has 3 saturated carbocycles. The number of aromatic nitrogens is 2. The highest BCUT2D eigenvalue weighted by atomic mass is 19.4. The second kappa shape index (κ2) is 12.6. The molecule has 1 spiro atoms. The number of alkyl halides is 3. The van der Waals surface area contributed by atoms with Crippen LogP contribution in [0.5, 0.6) is 5.75 Å². The van der Waals surface area contributed by atoms with E-state index in [4.69, 9.17) is 9.26 Å². The van der Waals surface area contributed by atoms with E-state index in [2.05, 4.69) is 32.0 Å². The van der Waals surface area contributed by atoms with E-state index in [1.165, 1.54) is 19.1 Å². The number of hydrogen-bond donors (Lipinski definition) is 2. The van der Waals surface area contributed by atoms with Crippen molar-refractivity contribution in [2.45, 2.75) is 89.3 Å². The molecule has 4 fully saturated rings. The number of carbonyl (C=O) groups is 2. The number of carbonyl (C=O) groups excluding carboxylic acids is 2. The predicted octanol–water partition coefficient (Wildman–Crippen LogP) is 7.74. The Morgan fingerprint density at radius 1 is 1.02 bits per heavy atom. The molecular formula is C38H40F3N5O4.